The second kappa shape index (κ2) is 6.84. The van der Waals surface area contributed by atoms with Crippen molar-refractivity contribution < 1.29 is 9.53 Å². The van der Waals surface area contributed by atoms with Gasteiger partial charge in [-0.25, -0.2) is 0 Å². The molecule has 0 bridgehead atoms. The van der Waals surface area contributed by atoms with E-state index in [9.17, 15) is 4.79 Å². The van der Waals surface area contributed by atoms with Crippen LogP contribution in [0, 0.1) is 0 Å². The van der Waals surface area contributed by atoms with Crippen LogP contribution in [0.3, 0.4) is 0 Å². The number of benzene rings is 1. The van der Waals surface area contributed by atoms with E-state index in [2.05, 4.69) is 0 Å². The average molecular weight is 276 g/mol. The smallest absolute Gasteiger partial charge is 0.305 e. The number of carbonyl (C=O) groups is 1. The van der Waals surface area contributed by atoms with Gasteiger partial charge in [0.1, 0.15) is 0 Å². The van der Waals surface area contributed by atoms with Gasteiger partial charge in [-0.2, -0.15) is 0 Å². The monoisotopic (exact) mass is 275 g/mol. The Morgan fingerprint density at radius 3 is 2.71 bits per heavy atom. The first kappa shape index (κ1) is 14.3. The predicted octanol–water partition coefficient (Wildman–Crippen LogP) is 3.34. The van der Waals surface area contributed by atoms with Gasteiger partial charge in [0, 0.05) is 12.5 Å². The van der Waals surface area contributed by atoms with Crippen LogP contribution < -0.4 is 5.73 Å². The van der Waals surface area contributed by atoms with E-state index in [4.69, 9.17) is 33.7 Å². The highest BCUT2D eigenvalue weighted by Gasteiger charge is 2.11. The number of carbonyl (C=O) groups excluding carboxylic acids is 1. The Hall–Kier alpha value is -0.770. The van der Waals surface area contributed by atoms with Crippen molar-refractivity contribution >= 4 is 29.2 Å². The molecular weight excluding hydrogens is 261 g/mol. The number of hydrogen-bond acceptors (Lipinski definition) is 3. The first-order valence-electron chi connectivity index (χ1n) is 5.40. The molecule has 0 aliphatic carbocycles. The normalized spacial score (nSPS) is 12.2. The fourth-order valence-electron chi connectivity index (χ4n) is 1.42. The second-order valence-corrected chi connectivity index (χ2v) is 4.44. The SMILES string of the molecule is CCOC(=O)CCC(N)c1ccc(Cl)c(Cl)c1. The lowest BCUT2D eigenvalue weighted by molar-refractivity contribution is -0.143. The average Bonchev–Trinajstić information content (AvgIpc) is 2.30. The molecule has 0 saturated heterocycles. The zero-order valence-electron chi connectivity index (χ0n) is 9.58. The van der Waals surface area contributed by atoms with E-state index in [1.54, 1.807) is 19.1 Å². The number of esters is 1. The molecule has 17 heavy (non-hydrogen) atoms. The minimum absolute atomic E-state index is 0.233. The molecular formula is C12H15Cl2NO2. The van der Waals surface area contributed by atoms with Gasteiger partial charge in [-0.15, -0.1) is 0 Å². The van der Waals surface area contributed by atoms with Crippen molar-refractivity contribution in [3.05, 3.63) is 33.8 Å². The van der Waals surface area contributed by atoms with E-state index in [0.717, 1.165) is 5.56 Å². The number of halogens is 2. The zero-order valence-corrected chi connectivity index (χ0v) is 11.1. The van der Waals surface area contributed by atoms with Crippen molar-refractivity contribution in [3.8, 4) is 0 Å². The highest BCUT2D eigenvalue weighted by atomic mass is 35.5. The molecule has 1 rings (SSSR count). The van der Waals surface area contributed by atoms with Crippen LogP contribution >= 0.6 is 23.2 Å². The van der Waals surface area contributed by atoms with Gasteiger partial charge in [0.05, 0.1) is 16.7 Å². The van der Waals surface area contributed by atoms with Crippen LogP contribution in [0.15, 0.2) is 18.2 Å². The lowest BCUT2D eigenvalue weighted by Crippen LogP contribution is -2.13. The summed E-state index contributed by atoms with van der Waals surface area (Å²) in [6.07, 6.45) is 0.825. The first-order chi connectivity index (χ1) is 8.04. The van der Waals surface area contributed by atoms with Crippen molar-refractivity contribution in [2.75, 3.05) is 6.61 Å². The third-order valence-electron chi connectivity index (χ3n) is 2.34. The molecule has 1 aromatic rings. The van der Waals surface area contributed by atoms with E-state index < -0.39 is 0 Å². The molecule has 0 saturated carbocycles. The number of nitrogens with two attached hydrogens (primary N) is 1. The van der Waals surface area contributed by atoms with Crippen LogP contribution in [0.25, 0.3) is 0 Å². The third kappa shape index (κ3) is 4.54. The quantitative estimate of drug-likeness (QED) is 0.839. The molecule has 0 aliphatic heterocycles. The molecule has 1 aromatic carbocycles. The molecule has 0 amide bonds. The van der Waals surface area contributed by atoms with Gasteiger partial charge in [0.2, 0.25) is 0 Å². The number of hydrogen-bond donors (Lipinski definition) is 1. The standard InChI is InChI=1S/C12H15Cl2NO2/c1-2-17-12(16)6-5-11(15)8-3-4-9(13)10(14)7-8/h3-4,7,11H,2,5-6,15H2,1H3. The van der Waals surface area contributed by atoms with Gasteiger partial charge < -0.3 is 10.5 Å². The lowest BCUT2D eigenvalue weighted by Gasteiger charge is -2.12. The van der Waals surface area contributed by atoms with Gasteiger partial charge >= 0.3 is 5.97 Å². The number of ether oxygens (including phenoxy) is 1. The summed E-state index contributed by atoms with van der Waals surface area (Å²) in [5.41, 5.74) is 6.81. The highest BCUT2D eigenvalue weighted by molar-refractivity contribution is 6.42. The topological polar surface area (TPSA) is 52.3 Å². The molecule has 5 heteroatoms. The van der Waals surface area contributed by atoms with Crippen LogP contribution in [0.5, 0.6) is 0 Å². The highest BCUT2D eigenvalue weighted by Crippen LogP contribution is 2.26. The van der Waals surface area contributed by atoms with Crippen molar-refractivity contribution in [2.24, 2.45) is 5.73 Å². The Balaban J connectivity index is 2.54. The minimum Gasteiger partial charge on any atom is -0.466 e. The van der Waals surface area contributed by atoms with Gasteiger partial charge in [-0.1, -0.05) is 29.3 Å². The molecule has 1 unspecified atom stereocenters. The van der Waals surface area contributed by atoms with E-state index >= 15 is 0 Å². The van der Waals surface area contributed by atoms with Crippen LogP contribution in [0.1, 0.15) is 31.4 Å². The van der Waals surface area contributed by atoms with E-state index in [-0.39, 0.29) is 12.0 Å². The van der Waals surface area contributed by atoms with Crippen LogP contribution in [-0.4, -0.2) is 12.6 Å². The van der Waals surface area contributed by atoms with Crippen molar-refractivity contribution in [1.29, 1.82) is 0 Å². The summed E-state index contributed by atoms with van der Waals surface area (Å²) < 4.78 is 4.83. The largest absolute Gasteiger partial charge is 0.466 e. The predicted molar refractivity (Wildman–Crippen MR) is 69.3 cm³/mol. The maximum atomic E-state index is 11.2. The fraction of sp³-hybridized carbons (Fsp3) is 0.417. The Morgan fingerprint density at radius 2 is 2.12 bits per heavy atom. The maximum absolute atomic E-state index is 11.2. The molecule has 94 valence electrons. The maximum Gasteiger partial charge on any atom is 0.305 e. The summed E-state index contributed by atoms with van der Waals surface area (Å²) in [6.45, 7) is 2.16. The number of rotatable bonds is 5. The van der Waals surface area contributed by atoms with Crippen LogP contribution in [0.2, 0.25) is 10.0 Å². The molecule has 0 aromatic heterocycles. The summed E-state index contributed by atoms with van der Waals surface area (Å²) >= 11 is 11.7. The minimum atomic E-state index is -0.242. The van der Waals surface area contributed by atoms with E-state index in [0.29, 0.717) is 29.5 Å². The third-order valence-corrected chi connectivity index (χ3v) is 3.08. The Kier molecular flexibility index (Phi) is 5.75. The van der Waals surface area contributed by atoms with Crippen molar-refractivity contribution in [2.45, 2.75) is 25.8 Å². The molecule has 2 N–H and O–H groups in total. The Labute approximate surface area is 111 Å². The lowest BCUT2D eigenvalue weighted by atomic mass is 10.0. The van der Waals surface area contributed by atoms with Crippen molar-refractivity contribution in [1.82, 2.24) is 0 Å². The summed E-state index contributed by atoms with van der Waals surface area (Å²) in [6, 6.07) is 4.99. The van der Waals surface area contributed by atoms with Gasteiger partial charge in [0.25, 0.3) is 0 Å². The molecule has 0 aliphatic rings. The second-order valence-electron chi connectivity index (χ2n) is 3.62. The summed E-state index contributed by atoms with van der Waals surface area (Å²) in [5, 5.41) is 0.962. The Morgan fingerprint density at radius 1 is 1.41 bits per heavy atom. The van der Waals surface area contributed by atoms with Gasteiger partial charge in [-0.3, -0.25) is 4.79 Å². The van der Waals surface area contributed by atoms with Gasteiger partial charge in [-0.05, 0) is 31.0 Å². The van der Waals surface area contributed by atoms with Crippen LogP contribution in [0.4, 0.5) is 0 Å². The van der Waals surface area contributed by atoms with Crippen LogP contribution in [-0.2, 0) is 9.53 Å². The summed E-state index contributed by atoms with van der Waals surface area (Å²) in [5.74, 6) is -0.233. The summed E-state index contributed by atoms with van der Waals surface area (Å²) in [7, 11) is 0. The van der Waals surface area contributed by atoms with E-state index in [1.807, 2.05) is 6.07 Å². The van der Waals surface area contributed by atoms with E-state index in [1.165, 1.54) is 0 Å². The van der Waals surface area contributed by atoms with Crippen molar-refractivity contribution in [3.63, 3.8) is 0 Å². The Bertz CT molecular complexity index is 396. The summed E-state index contributed by atoms with van der Waals surface area (Å²) in [4.78, 5) is 11.2. The van der Waals surface area contributed by atoms with Gasteiger partial charge in [0.15, 0.2) is 0 Å². The molecule has 3 nitrogen and oxygen atoms in total. The zero-order chi connectivity index (χ0) is 12.8. The molecule has 1 atom stereocenters. The fourth-order valence-corrected chi connectivity index (χ4v) is 1.72. The first-order valence-corrected chi connectivity index (χ1v) is 6.16. The molecule has 0 fully saturated rings. The molecule has 0 heterocycles. The molecule has 0 spiro atoms. The molecule has 0 radical (unpaired) electrons.